The molecule has 1 aromatic rings. The number of rotatable bonds is 5. The molecule has 0 saturated heterocycles. The third-order valence-corrected chi connectivity index (χ3v) is 2.65. The van der Waals surface area contributed by atoms with E-state index in [-0.39, 0.29) is 24.4 Å². The van der Waals surface area contributed by atoms with Gasteiger partial charge in [0.1, 0.15) is 23.0 Å². The van der Waals surface area contributed by atoms with Gasteiger partial charge in [0.2, 0.25) is 0 Å². The lowest BCUT2D eigenvalue weighted by molar-refractivity contribution is -0.117. The van der Waals surface area contributed by atoms with E-state index >= 15 is 0 Å². The highest BCUT2D eigenvalue weighted by Gasteiger charge is 2.15. The summed E-state index contributed by atoms with van der Waals surface area (Å²) in [7, 11) is 0. The first-order valence-corrected chi connectivity index (χ1v) is 7.37. The van der Waals surface area contributed by atoms with Crippen LogP contribution in [0.3, 0.4) is 0 Å². The molecule has 0 unspecified atom stereocenters. The highest BCUT2D eigenvalue weighted by molar-refractivity contribution is 6.01. The molecule has 7 heteroatoms. The molecule has 2 amide bonds. The Labute approximate surface area is 140 Å². The number of nitrogens with zero attached hydrogens (tertiary/aromatic N) is 1. The largest absolute Gasteiger partial charge is 0.508 e. The number of phenolic OH excluding ortho intramolecular Hbond substituents is 1. The zero-order valence-corrected chi connectivity index (χ0v) is 13.9. The van der Waals surface area contributed by atoms with Gasteiger partial charge in [0.05, 0.1) is 0 Å². The van der Waals surface area contributed by atoms with Crippen molar-refractivity contribution in [2.24, 2.45) is 0 Å². The normalized spacial score (nSPS) is 11.3. The Bertz CT molecular complexity index is 652. The molecule has 0 atom stereocenters. The van der Waals surface area contributed by atoms with Crippen molar-refractivity contribution in [2.45, 2.75) is 26.4 Å². The Morgan fingerprint density at radius 1 is 1.21 bits per heavy atom. The fourth-order valence-electron chi connectivity index (χ4n) is 1.64. The van der Waals surface area contributed by atoms with E-state index in [9.17, 15) is 14.7 Å². The van der Waals surface area contributed by atoms with Crippen molar-refractivity contribution >= 4 is 18.1 Å². The minimum atomic E-state index is -0.589. The molecule has 0 bridgehead atoms. The van der Waals surface area contributed by atoms with Crippen molar-refractivity contribution in [3.8, 4) is 11.8 Å². The van der Waals surface area contributed by atoms with Gasteiger partial charge < -0.3 is 20.5 Å². The van der Waals surface area contributed by atoms with Crippen LogP contribution >= 0.6 is 0 Å². The van der Waals surface area contributed by atoms with Gasteiger partial charge in [-0.05, 0) is 44.5 Å². The Morgan fingerprint density at radius 3 is 2.33 bits per heavy atom. The van der Waals surface area contributed by atoms with E-state index in [1.165, 1.54) is 18.2 Å². The third kappa shape index (κ3) is 7.31. The summed E-state index contributed by atoms with van der Waals surface area (Å²) in [6.45, 7) is 5.59. The second-order valence-electron chi connectivity index (χ2n) is 5.95. The Kier molecular flexibility index (Phi) is 6.80. The maximum absolute atomic E-state index is 11.9. The van der Waals surface area contributed by atoms with E-state index in [0.717, 1.165) is 0 Å². The number of ether oxygens (including phenoxy) is 1. The minimum absolute atomic E-state index is 0.0713. The lowest BCUT2D eigenvalue weighted by Crippen LogP contribution is -2.38. The van der Waals surface area contributed by atoms with Gasteiger partial charge in [-0.3, -0.25) is 4.79 Å². The van der Waals surface area contributed by atoms with Gasteiger partial charge in [0, 0.05) is 13.1 Å². The first kappa shape index (κ1) is 19.0. The maximum atomic E-state index is 11.9. The summed E-state index contributed by atoms with van der Waals surface area (Å²) in [5.74, 6) is -0.445. The number of hydrogen-bond donors (Lipinski definition) is 3. The number of hydrogen-bond acceptors (Lipinski definition) is 5. The van der Waals surface area contributed by atoms with Gasteiger partial charge in [0.25, 0.3) is 5.91 Å². The summed E-state index contributed by atoms with van der Waals surface area (Å²) in [5, 5.41) is 23.3. The van der Waals surface area contributed by atoms with Gasteiger partial charge in [-0.1, -0.05) is 12.1 Å². The molecule has 0 saturated carbocycles. The summed E-state index contributed by atoms with van der Waals surface area (Å²) in [4.78, 5) is 23.4. The topological polar surface area (TPSA) is 111 Å². The average Bonchev–Trinajstić information content (AvgIpc) is 2.49. The van der Waals surface area contributed by atoms with Gasteiger partial charge >= 0.3 is 6.09 Å². The Hall–Kier alpha value is -3.01. The molecule has 24 heavy (non-hydrogen) atoms. The Balaban J connectivity index is 2.47. The monoisotopic (exact) mass is 331 g/mol. The molecular formula is C17H21N3O4. The smallest absolute Gasteiger partial charge is 0.407 e. The van der Waals surface area contributed by atoms with Crippen LogP contribution in [0.4, 0.5) is 4.79 Å². The lowest BCUT2D eigenvalue weighted by atomic mass is 10.1. The standard InChI is InChI=1S/C17H21N3O4/c1-17(2,3)24-16(23)20-9-8-19-15(22)13(11-18)10-12-4-6-14(21)7-5-12/h4-7,10,21H,8-9H2,1-3H3,(H,19,22)(H,20,23)/b13-10+. The molecule has 0 aliphatic rings. The second kappa shape index (κ2) is 8.58. The van der Waals surface area contributed by atoms with Crippen molar-refractivity contribution < 1.29 is 19.4 Å². The van der Waals surface area contributed by atoms with Crippen LogP contribution in [0.5, 0.6) is 5.75 Å². The highest BCUT2D eigenvalue weighted by atomic mass is 16.6. The van der Waals surface area contributed by atoms with Crippen LogP contribution in [0.1, 0.15) is 26.3 Å². The number of nitrogens with one attached hydrogen (secondary N) is 2. The molecule has 0 radical (unpaired) electrons. The number of phenols is 1. The maximum Gasteiger partial charge on any atom is 0.407 e. The number of carbonyl (C=O) groups is 2. The molecule has 0 fully saturated rings. The van der Waals surface area contributed by atoms with E-state index in [0.29, 0.717) is 5.56 Å². The number of benzene rings is 1. The van der Waals surface area contributed by atoms with E-state index in [2.05, 4.69) is 10.6 Å². The van der Waals surface area contributed by atoms with Crippen LogP contribution in [0.15, 0.2) is 29.8 Å². The molecule has 0 aliphatic heterocycles. The van der Waals surface area contributed by atoms with Crippen LogP contribution in [-0.2, 0) is 9.53 Å². The van der Waals surface area contributed by atoms with E-state index in [1.54, 1.807) is 32.9 Å². The number of carbonyl (C=O) groups excluding carboxylic acids is 2. The van der Waals surface area contributed by atoms with E-state index < -0.39 is 17.6 Å². The predicted molar refractivity (Wildman–Crippen MR) is 88.9 cm³/mol. The lowest BCUT2D eigenvalue weighted by Gasteiger charge is -2.19. The fourth-order valence-corrected chi connectivity index (χ4v) is 1.64. The molecule has 0 heterocycles. The zero-order valence-electron chi connectivity index (χ0n) is 13.9. The second-order valence-corrected chi connectivity index (χ2v) is 5.95. The summed E-state index contributed by atoms with van der Waals surface area (Å²) >= 11 is 0. The average molecular weight is 331 g/mol. The molecule has 0 aliphatic carbocycles. The Morgan fingerprint density at radius 2 is 1.79 bits per heavy atom. The first-order valence-electron chi connectivity index (χ1n) is 7.37. The molecule has 7 nitrogen and oxygen atoms in total. The summed E-state index contributed by atoms with van der Waals surface area (Å²) in [6.07, 6.45) is 0.840. The SMILES string of the molecule is CC(C)(C)OC(=O)NCCNC(=O)/C(C#N)=C/c1ccc(O)cc1. The van der Waals surface area contributed by atoms with Gasteiger partial charge in [-0.25, -0.2) is 4.79 Å². The molecule has 0 spiro atoms. The van der Waals surface area contributed by atoms with Crippen molar-refractivity contribution in [1.29, 1.82) is 5.26 Å². The molecule has 1 rings (SSSR count). The predicted octanol–water partition coefficient (Wildman–Crippen LogP) is 1.94. The summed E-state index contributed by atoms with van der Waals surface area (Å²) in [5.41, 5.74) is -0.0434. The molecule has 3 N–H and O–H groups in total. The van der Waals surface area contributed by atoms with Crippen molar-refractivity contribution in [1.82, 2.24) is 10.6 Å². The number of alkyl carbamates (subject to hydrolysis) is 1. The molecule has 0 aromatic heterocycles. The fraction of sp³-hybridized carbons (Fsp3) is 0.353. The van der Waals surface area contributed by atoms with Gasteiger partial charge in [0.15, 0.2) is 0 Å². The minimum Gasteiger partial charge on any atom is -0.508 e. The molecule has 128 valence electrons. The van der Waals surface area contributed by atoms with Crippen LogP contribution < -0.4 is 10.6 Å². The quantitative estimate of drug-likeness (QED) is 0.434. The van der Waals surface area contributed by atoms with Crippen LogP contribution in [-0.4, -0.2) is 35.8 Å². The van der Waals surface area contributed by atoms with Crippen LogP contribution in [0.2, 0.25) is 0 Å². The van der Waals surface area contributed by atoms with Crippen LogP contribution in [0, 0.1) is 11.3 Å². The first-order chi connectivity index (χ1) is 11.2. The van der Waals surface area contributed by atoms with Crippen LogP contribution in [0.25, 0.3) is 6.08 Å². The van der Waals surface area contributed by atoms with Gasteiger partial charge in [-0.15, -0.1) is 0 Å². The van der Waals surface area contributed by atoms with E-state index in [1.807, 2.05) is 6.07 Å². The number of amides is 2. The number of aromatic hydroxyl groups is 1. The van der Waals surface area contributed by atoms with E-state index in [4.69, 9.17) is 10.00 Å². The summed E-state index contributed by atoms with van der Waals surface area (Å²) in [6, 6.07) is 7.92. The van der Waals surface area contributed by atoms with Crippen molar-refractivity contribution in [2.75, 3.05) is 13.1 Å². The summed E-state index contributed by atoms with van der Waals surface area (Å²) < 4.78 is 5.06. The van der Waals surface area contributed by atoms with Crippen molar-refractivity contribution in [3.05, 3.63) is 35.4 Å². The zero-order chi connectivity index (χ0) is 18.2. The molecular weight excluding hydrogens is 310 g/mol. The number of nitriles is 1. The third-order valence-electron chi connectivity index (χ3n) is 2.65. The highest BCUT2D eigenvalue weighted by Crippen LogP contribution is 2.12. The van der Waals surface area contributed by atoms with Gasteiger partial charge in [-0.2, -0.15) is 5.26 Å². The van der Waals surface area contributed by atoms with Crippen molar-refractivity contribution in [3.63, 3.8) is 0 Å². The molecule has 1 aromatic carbocycles.